The second kappa shape index (κ2) is 10.4. The molecule has 0 spiro atoms. The number of halogens is 1. The van der Waals surface area contributed by atoms with Gasteiger partial charge in [0.1, 0.15) is 6.04 Å². The van der Waals surface area contributed by atoms with Crippen molar-refractivity contribution in [3.05, 3.63) is 95.0 Å². The Morgan fingerprint density at radius 1 is 0.938 bits per heavy atom. The molecule has 0 aromatic heterocycles. The Bertz CT molecular complexity index is 1200. The molecule has 2 N–H and O–H groups in total. The first-order chi connectivity index (χ1) is 15.3. The first kappa shape index (κ1) is 23.5. The SMILES string of the molecule is COC(=O)c1ccccc1NC(=O)C(Cc1ccccc1)NS(=O)(=O)c1ccc(Cl)cc1. The Kier molecular flexibility index (Phi) is 7.63. The quantitative estimate of drug-likeness (QED) is 0.487. The van der Waals surface area contributed by atoms with Crippen molar-refractivity contribution in [2.24, 2.45) is 0 Å². The van der Waals surface area contributed by atoms with Gasteiger partial charge in [0, 0.05) is 5.02 Å². The number of anilines is 1. The summed E-state index contributed by atoms with van der Waals surface area (Å²) in [5.41, 5.74) is 1.13. The summed E-state index contributed by atoms with van der Waals surface area (Å²) in [5, 5.41) is 3.03. The fraction of sp³-hybridized carbons (Fsp3) is 0.130. The standard InChI is InChI=1S/C23H21ClN2O5S/c1-31-23(28)19-9-5-6-10-20(19)25-22(27)21(15-16-7-3-2-4-8-16)26-32(29,30)18-13-11-17(24)12-14-18/h2-14,21,26H,15H2,1H3,(H,25,27). The van der Waals surface area contributed by atoms with Crippen LogP contribution in [0.5, 0.6) is 0 Å². The first-order valence-corrected chi connectivity index (χ1v) is 11.5. The van der Waals surface area contributed by atoms with Crippen LogP contribution < -0.4 is 10.0 Å². The Morgan fingerprint density at radius 2 is 1.56 bits per heavy atom. The van der Waals surface area contributed by atoms with Crippen molar-refractivity contribution in [2.45, 2.75) is 17.4 Å². The van der Waals surface area contributed by atoms with Gasteiger partial charge in [0.05, 0.1) is 23.3 Å². The van der Waals surface area contributed by atoms with Crippen molar-refractivity contribution in [3.8, 4) is 0 Å². The maximum absolute atomic E-state index is 13.1. The summed E-state index contributed by atoms with van der Waals surface area (Å²) >= 11 is 5.85. The van der Waals surface area contributed by atoms with Crippen molar-refractivity contribution in [1.82, 2.24) is 4.72 Å². The number of hydrogen-bond acceptors (Lipinski definition) is 5. The van der Waals surface area contributed by atoms with Crippen LogP contribution in [0.2, 0.25) is 5.02 Å². The number of carbonyl (C=O) groups excluding carboxylic acids is 2. The minimum atomic E-state index is -4.03. The van der Waals surface area contributed by atoms with Gasteiger partial charge in [-0.25, -0.2) is 13.2 Å². The fourth-order valence-electron chi connectivity index (χ4n) is 3.01. The summed E-state index contributed by atoms with van der Waals surface area (Å²) in [6.45, 7) is 0. The second-order valence-corrected chi connectivity index (χ2v) is 8.99. The third-order valence-electron chi connectivity index (χ3n) is 4.61. The summed E-state index contributed by atoms with van der Waals surface area (Å²) in [6, 6.07) is 19.8. The molecule has 3 aromatic carbocycles. The maximum Gasteiger partial charge on any atom is 0.339 e. The minimum Gasteiger partial charge on any atom is -0.465 e. The van der Waals surface area contributed by atoms with E-state index in [-0.39, 0.29) is 22.6 Å². The molecule has 166 valence electrons. The van der Waals surface area contributed by atoms with Crippen molar-refractivity contribution < 1.29 is 22.7 Å². The van der Waals surface area contributed by atoms with Crippen LogP contribution in [0.15, 0.2) is 83.8 Å². The van der Waals surface area contributed by atoms with Crippen molar-refractivity contribution >= 4 is 39.2 Å². The number of sulfonamides is 1. The van der Waals surface area contributed by atoms with E-state index in [1.54, 1.807) is 36.4 Å². The topological polar surface area (TPSA) is 102 Å². The Labute approximate surface area is 191 Å². The molecular weight excluding hydrogens is 452 g/mol. The molecule has 0 fully saturated rings. The summed E-state index contributed by atoms with van der Waals surface area (Å²) in [5.74, 6) is -1.25. The number of hydrogen-bond donors (Lipinski definition) is 2. The van der Waals surface area contributed by atoms with Gasteiger partial charge in [0.15, 0.2) is 0 Å². The molecule has 0 radical (unpaired) electrons. The zero-order chi connectivity index (χ0) is 23.1. The summed E-state index contributed by atoms with van der Waals surface area (Å²) in [7, 11) is -2.79. The molecule has 9 heteroatoms. The van der Waals surface area contributed by atoms with Gasteiger partial charge < -0.3 is 10.1 Å². The van der Waals surface area contributed by atoms with E-state index in [0.29, 0.717) is 5.02 Å². The number of esters is 1. The lowest BCUT2D eigenvalue weighted by Gasteiger charge is -2.19. The average molecular weight is 473 g/mol. The molecule has 0 aliphatic rings. The predicted molar refractivity (Wildman–Crippen MR) is 122 cm³/mol. The van der Waals surface area contributed by atoms with Gasteiger partial charge in [-0.15, -0.1) is 0 Å². The smallest absolute Gasteiger partial charge is 0.339 e. The molecule has 7 nitrogen and oxygen atoms in total. The maximum atomic E-state index is 13.1. The van der Waals surface area contributed by atoms with Crippen LogP contribution in [0.4, 0.5) is 5.69 Å². The number of nitrogens with one attached hydrogen (secondary N) is 2. The Balaban J connectivity index is 1.90. The molecule has 0 saturated heterocycles. The number of rotatable bonds is 8. The molecule has 0 saturated carbocycles. The van der Waals surface area contributed by atoms with Crippen LogP contribution >= 0.6 is 11.6 Å². The zero-order valence-corrected chi connectivity index (χ0v) is 18.7. The number of methoxy groups -OCH3 is 1. The van der Waals surface area contributed by atoms with E-state index in [9.17, 15) is 18.0 Å². The fourth-order valence-corrected chi connectivity index (χ4v) is 4.33. The van der Waals surface area contributed by atoms with Gasteiger partial charge in [0.25, 0.3) is 0 Å². The molecule has 0 aliphatic heterocycles. The van der Waals surface area contributed by atoms with Crippen LogP contribution in [0, 0.1) is 0 Å². The van der Waals surface area contributed by atoms with Gasteiger partial charge in [-0.05, 0) is 48.4 Å². The number of benzene rings is 3. The molecular formula is C23H21ClN2O5S. The van der Waals surface area contributed by atoms with E-state index in [0.717, 1.165) is 5.56 Å². The van der Waals surface area contributed by atoms with Gasteiger partial charge in [-0.1, -0.05) is 54.1 Å². The van der Waals surface area contributed by atoms with E-state index < -0.39 is 27.9 Å². The minimum absolute atomic E-state index is 0.0253. The van der Waals surface area contributed by atoms with E-state index in [1.165, 1.54) is 43.5 Å². The average Bonchev–Trinajstić information content (AvgIpc) is 2.79. The van der Waals surface area contributed by atoms with Gasteiger partial charge >= 0.3 is 5.97 Å². The van der Waals surface area contributed by atoms with E-state index in [1.807, 2.05) is 6.07 Å². The molecule has 1 unspecified atom stereocenters. The molecule has 32 heavy (non-hydrogen) atoms. The molecule has 0 heterocycles. The van der Waals surface area contributed by atoms with E-state index in [2.05, 4.69) is 10.0 Å². The Morgan fingerprint density at radius 3 is 2.22 bits per heavy atom. The number of para-hydroxylation sites is 1. The molecule has 3 aromatic rings. The van der Waals surface area contributed by atoms with Gasteiger partial charge in [-0.2, -0.15) is 4.72 Å². The number of ether oxygens (including phenoxy) is 1. The summed E-state index contributed by atoms with van der Waals surface area (Å²) in [6.07, 6.45) is 0.0971. The highest BCUT2D eigenvalue weighted by atomic mass is 35.5. The monoisotopic (exact) mass is 472 g/mol. The van der Waals surface area contributed by atoms with E-state index in [4.69, 9.17) is 16.3 Å². The summed E-state index contributed by atoms with van der Waals surface area (Å²) in [4.78, 5) is 25.1. The molecule has 1 amide bonds. The summed E-state index contributed by atoms with van der Waals surface area (Å²) < 4.78 is 33.0. The van der Waals surface area contributed by atoms with Gasteiger partial charge in [-0.3, -0.25) is 4.79 Å². The third-order valence-corrected chi connectivity index (χ3v) is 6.35. The first-order valence-electron chi connectivity index (χ1n) is 9.60. The van der Waals surface area contributed by atoms with Crippen LogP contribution in [0.1, 0.15) is 15.9 Å². The predicted octanol–water partition coefficient (Wildman–Crippen LogP) is 3.65. The van der Waals surface area contributed by atoms with Crippen LogP contribution in [-0.4, -0.2) is 33.4 Å². The number of carbonyl (C=O) groups is 2. The highest BCUT2D eigenvalue weighted by molar-refractivity contribution is 7.89. The third kappa shape index (κ3) is 5.94. The molecule has 1 atom stereocenters. The largest absolute Gasteiger partial charge is 0.465 e. The second-order valence-electron chi connectivity index (χ2n) is 6.84. The van der Waals surface area contributed by atoms with Crippen molar-refractivity contribution in [1.29, 1.82) is 0 Å². The zero-order valence-electron chi connectivity index (χ0n) is 17.1. The van der Waals surface area contributed by atoms with E-state index >= 15 is 0 Å². The lowest BCUT2D eigenvalue weighted by Crippen LogP contribution is -2.45. The molecule has 0 bridgehead atoms. The Hall–Kier alpha value is -3.20. The van der Waals surface area contributed by atoms with Crippen LogP contribution in [0.3, 0.4) is 0 Å². The normalized spacial score (nSPS) is 12.1. The van der Waals surface area contributed by atoms with Crippen molar-refractivity contribution in [3.63, 3.8) is 0 Å². The molecule has 3 rings (SSSR count). The van der Waals surface area contributed by atoms with Crippen LogP contribution in [0.25, 0.3) is 0 Å². The lowest BCUT2D eigenvalue weighted by molar-refractivity contribution is -0.117. The van der Waals surface area contributed by atoms with Gasteiger partial charge in [0.2, 0.25) is 15.9 Å². The number of amides is 1. The highest BCUT2D eigenvalue weighted by Gasteiger charge is 2.27. The molecule has 0 aliphatic carbocycles. The van der Waals surface area contributed by atoms with Crippen LogP contribution in [-0.2, 0) is 26.0 Å². The highest BCUT2D eigenvalue weighted by Crippen LogP contribution is 2.19. The lowest BCUT2D eigenvalue weighted by atomic mass is 10.1. The van der Waals surface area contributed by atoms with Crippen molar-refractivity contribution in [2.75, 3.05) is 12.4 Å².